The molecule has 0 aliphatic heterocycles. The van der Waals surface area contributed by atoms with Crippen LogP contribution in [0.4, 0.5) is 0 Å². The Balaban J connectivity index is 4.88. The first-order valence-corrected chi connectivity index (χ1v) is 4.04. The van der Waals surface area contributed by atoms with Crippen molar-refractivity contribution >= 4 is 6.72 Å². The van der Waals surface area contributed by atoms with Crippen LogP contribution in [-0.2, 0) is 4.74 Å². The van der Waals surface area contributed by atoms with E-state index in [-0.39, 0.29) is 0 Å². The lowest BCUT2D eigenvalue weighted by Gasteiger charge is -2.09. The third-order valence-corrected chi connectivity index (χ3v) is 1.55. The van der Waals surface area contributed by atoms with Crippen LogP contribution in [-0.4, -0.2) is 13.8 Å². The standard InChI is InChI=1S/C10H17NO/c1-6-7-9(8(2)3)10(11-4)12-5/h6-8H,4H2,1-3,5H3/b7-6-,10-9-. The summed E-state index contributed by atoms with van der Waals surface area (Å²) >= 11 is 0. The largest absolute Gasteiger partial charge is 0.481 e. The molecule has 0 bridgehead atoms. The third-order valence-electron chi connectivity index (χ3n) is 1.55. The molecule has 0 spiro atoms. The first-order chi connectivity index (χ1) is 5.67. The summed E-state index contributed by atoms with van der Waals surface area (Å²) in [6.07, 6.45) is 3.97. The van der Waals surface area contributed by atoms with Crippen LogP contribution in [0.15, 0.2) is 28.6 Å². The molecule has 0 heterocycles. The van der Waals surface area contributed by atoms with E-state index in [0.29, 0.717) is 11.8 Å². The van der Waals surface area contributed by atoms with Gasteiger partial charge >= 0.3 is 0 Å². The quantitative estimate of drug-likeness (QED) is 0.358. The zero-order chi connectivity index (χ0) is 9.56. The molecular formula is C10H17NO. The fraction of sp³-hybridized carbons (Fsp3) is 0.500. The van der Waals surface area contributed by atoms with Crippen LogP contribution in [0.3, 0.4) is 0 Å². The second-order valence-electron chi connectivity index (χ2n) is 2.78. The monoisotopic (exact) mass is 167 g/mol. The molecule has 2 nitrogen and oxygen atoms in total. The molecular weight excluding hydrogens is 150 g/mol. The van der Waals surface area contributed by atoms with E-state index in [9.17, 15) is 0 Å². The van der Waals surface area contributed by atoms with Gasteiger partial charge in [0.2, 0.25) is 5.88 Å². The zero-order valence-electron chi connectivity index (χ0n) is 8.29. The van der Waals surface area contributed by atoms with Crippen LogP contribution in [0.25, 0.3) is 0 Å². The molecule has 12 heavy (non-hydrogen) atoms. The van der Waals surface area contributed by atoms with Crippen molar-refractivity contribution in [3.05, 3.63) is 23.6 Å². The molecule has 0 amide bonds. The van der Waals surface area contributed by atoms with Crippen LogP contribution >= 0.6 is 0 Å². The lowest BCUT2D eigenvalue weighted by molar-refractivity contribution is 0.282. The first kappa shape index (κ1) is 11.0. The molecule has 2 heteroatoms. The molecule has 0 aromatic heterocycles. The highest BCUT2D eigenvalue weighted by Gasteiger charge is 2.06. The van der Waals surface area contributed by atoms with E-state index in [1.165, 1.54) is 0 Å². The smallest absolute Gasteiger partial charge is 0.215 e. The minimum absolute atomic E-state index is 0.404. The highest BCUT2D eigenvalue weighted by atomic mass is 16.5. The maximum atomic E-state index is 5.07. The van der Waals surface area contributed by atoms with E-state index < -0.39 is 0 Å². The fourth-order valence-electron chi connectivity index (χ4n) is 0.964. The van der Waals surface area contributed by atoms with Crippen molar-refractivity contribution in [2.45, 2.75) is 20.8 Å². The molecule has 0 rings (SSSR count). The zero-order valence-corrected chi connectivity index (χ0v) is 8.29. The molecule has 0 radical (unpaired) electrons. The molecule has 0 N–H and O–H groups in total. The van der Waals surface area contributed by atoms with Gasteiger partial charge < -0.3 is 4.74 Å². The number of aliphatic imine (C=N–C) groups is 1. The Hall–Kier alpha value is -1.05. The van der Waals surface area contributed by atoms with Crippen LogP contribution in [0.2, 0.25) is 0 Å². The summed E-state index contributed by atoms with van der Waals surface area (Å²) in [4.78, 5) is 3.80. The van der Waals surface area contributed by atoms with Gasteiger partial charge in [-0.25, -0.2) is 4.99 Å². The number of hydrogen-bond donors (Lipinski definition) is 0. The molecule has 0 fully saturated rings. The maximum absolute atomic E-state index is 5.07. The summed E-state index contributed by atoms with van der Waals surface area (Å²) in [7, 11) is 1.61. The molecule has 68 valence electrons. The summed E-state index contributed by atoms with van der Waals surface area (Å²) in [5.41, 5.74) is 1.08. The Morgan fingerprint density at radius 3 is 2.33 bits per heavy atom. The third kappa shape index (κ3) is 2.91. The van der Waals surface area contributed by atoms with E-state index in [4.69, 9.17) is 4.74 Å². The van der Waals surface area contributed by atoms with Crippen molar-refractivity contribution in [2.24, 2.45) is 10.9 Å². The van der Waals surface area contributed by atoms with Crippen molar-refractivity contribution in [1.29, 1.82) is 0 Å². The molecule has 0 aliphatic carbocycles. The van der Waals surface area contributed by atoms with Crippen LogP contribution < -0.4 is 0 Å². The number of ether oxygens (including phenoxy) is 1. The van der Waals surface area contributed by atoms with Crippen molar-refractivity contribution in [3.63, 3.8) is 0 Å². The molecule has 0 aromatic carbocycles. The van der Waals surface area contributed by atoms with E-state index in [2.05, 4.69) is 25.6 Å². The Morgan fingerprint density at radius 1 is 1.50 bits per heavy atom. The predicted octanol–water partition coefficient (Wildman–Crippen LogP) is 2.78. The van der Waals surface area contributed by atoms with Gasteiger partial charge in [-0.1, -0.05) is 26.0 Å². The molecule has 0 saturated heterocycles. The summed E-state index contributed by atoms with van der Waals surface area (Å²) in [6.45, 7) is 9.62. The van der Waals surface area contributed by atoms with Crippen molar-refractivity contribution in [3.8, 4) is 0 Å². The Labute approximate surface area is 74.7 Å². The second-order valence-corrected chi connectivity index (χ2v) is 2.78. The van der Waals surface area contributed by atoms with Gasteiger partial charge in [0, 0.05) is 5.57 Å². The topological polar surface area (TPSA) is 21.6 Å². The van der Waals surface area contributed by atoms with Gasteiger partial charge in [-0.15, -0.1) is 0 Å². The van der Waals surface area contributed by atoms with Gasteiger partial charge in [0.05, 0.1) is 7.11 Å². The summed E-state index contributed by atoms with van der Waals surface area (Å²) in [5.74, 6) is 1.02. The second kappa shape index (κ2) is 5.58. The average Bonchev–Trinajstić information content (AvgIpc) is 2.05. The minimum Gasteiger partial charge on any atom is -0.481 e. The van der Waals surface area contributed by atoms with E-state index in [1.54, 1.807) is 7.11 Å². The predicted molar refractivity (Wildman–Crippen MR) is 53.2 cm³/mol. The Morgan fingerprint density at radius 2 is 2.08 bits per heavy atom. The van der Waals surface area contributed by atoms with Crippen LogP contribution in [0, 0.1) is 5.92 Å². The normalized spacial score (nSPS) is 13.4. The Bertz CT molecular complexity index is 202. The van der Waals surface area contributed by atoms with Crippen molar-refractivity contribution in [2.75, 3.05) is 7.11 Å². The summed E-state index contributed by atoms with van der Waals surface area (Å²) < 4.78 is 5.07. The lowest BCUT2D eigenvalue weighted by atomic mass is 10.0. The van der Waals surface area contributed by atoms with Crippen LogP contribution in [0.1, 0.15) is 20.8 Å². The van der Waals surface area contributed by atoms with E-state index >= 15 is 0 Å². The molecule has 0 unspecified atom stereocenters. The van der Waals surface area contributed by atoms with Gasteiger partial charge in [0.15, 0.2) is 0 Å². The van der Waals surface area contributed by atoms with Crippen LogP contribution in [0.5, 0.6) is 0 Å². The summed E-state index contributed by atoms with van der Waals surface area (Å²) in [5, 5.41) is 0. The molecule has 0 saturated carbocycles. The maximum Gasteiger partial charge on any atom is 0.215 e. The number of allylic oxidation sites excluding steroid dienone is 3. The number of hydrogen-bond acceptors (Lipinski definition) is 2. The number of nitrogens with zero attached hydrogens (tertiary/aromatic N) is 1. The fourth-order valence-corrected chi connectivity index (χ4v) is 0.964. The number of methoxy groups -OCH3 is 1. The van der Waals surface area contributed by atoms with Gasteiger partial charge in [-0.05, 0) is 19.6 Å². The highest BCUT2D eigenvalue weighted by molar-refractivity contribution is 5.32. The van der Waals surface area contributed by atoms with Gasteiger partial charge in [-0.3, -0.25) is 0 Å². The minimum atomic E-state index is 0.404. The van der Waals surface area contributed by atoms with E-state index in [1.807, 2.05) is 19.1 Å². The Kier molecular flexibility index (Phi) is 5.09. The van der Waals surface area contributed by atoms with Gasteiger partial charge in [0.1, 0.15) is 0 Å². The lowest BCUT2D eigenvalue weighted by Crippen LogP contribution is -1.97. The van der Waals surface area contributed by atoms with E-state index in [0.717, 1.165) is 5.57 Å². The molecule has 0 aromatic rings. The highest BCUT2D eigenvalue weighted by Crippen LogP contribution is 2.17. The van der Waals surface area contributed by atoms with Gasteiger partial charge in [-0.2, -0.15) is 0 Å². The van der Waals surface area contributed by atoms with Crippen molar-refractivity contribution in [1.82, 2.24) is 0 Å². The van der Waals surface area contributed by atoms with Crippen molar-refractivity contribution < 1.29 is 4.74 Å². The molecule has 0 aliphatic rings. The molecule has 0 atom stereocenters. The van der Waals surface area contributed by atoms with Gasteiger partial charge in [0.25, 0.3) is 0 Å². The SMILES string of the molecule is C=N/C(OC)=C(\C=C/C)C(C)C. The summed E-state index contributed by atoms with van der Waals surface area (Å²) in [6, 6.07) is 0. The number of rotatable bonds is 4. The first-order valence-electron chi connectivity index (χ1n) is 4.04. The average molecular weight is 167 g/mol.